The van der Waals surface area contributed by atoms with Gasteiger partial charge in [0.2, 0.25) is 11.8 Å². The topological polar surface area (TPSA) is 76.0 Å². The number of imidazole rings is 1. The molecule has 34 heavy (non-hydrogen) atoms. The van der Waals surface area contributed by atoms with E-state index in [4.69, 9.17) is 4.98 Å². The van der Waals surface area contributed by atoms with Crippen molar-refractivity contribution in [1.82, 2.24) is 14.9 Å². The van der Waals surface area contributed by atoms with Crippen LogP contribution in [0, 0.1) is 29.1 Å². The van der Waals surface area contributed by atoms with Gasteiger partial charge in [-0.15, -0.1) is 0 Å². The van der Waals surface area contributed by atoms with E-state index in [9.17, 15) is 9.59 Å². The zero-order chi connectivity index (χ0) is 23.4. The van der Waals surface area contributed by atoms with Crippen LogP contribution in [0.3, 0.4) is 0 Å². The van der Waals surface area contributed by atoms with E-state index in [1.807, 2.05) is 38.1 Å². The third-order valence-electron chi connectivity index (χ3n) is 8.86. The first kappa shape index (κ1) is 21.9. The number of hydrogen-bond donors (Lipinski definition) is 2. The summed E-state index contributed by atoms with van der Waals surface area (Å²) in [4.78, 5) is 31.5. The van der Waals surface area contributed by atoms with Crippen molar-refractivity contribution in [3.8, 4) is 11.3 Å². The second-order valence-electron chi connectivity index (χ2n) is 11.8. The molecule has 4 fully saturated rings. The highest BCUT2D eigenvalue weighted by Crippen LogP contribution is 2.60. The molecule has 7 rings (SSSR count). The minimum Gasteiger partial charge on any atom is -0.344 e. The van der Waals surface area contributed by atoms with Crippen LogP contribution in [0.1, 0.15) is 64.6 Å². The highest BCUT2D eigenvalue weighted by Gasteiger charge is 2.55. The Morgan fingerprint density at radius 3 is 2.26 bits per heavy atom. The summed E-state index contributed by atoms with van der Waals surface area (Å²) in [5.74, 6) is 3.27. The first-order chi connectivity index (χ1) is 16.4. The van der Waals surface area contributed by atoms with Crippen LogP contribution in [-0.4, -0.2) is 27.4 Å². The first-order valence-electron chi connectivity index (χ1n) is 13.2. The van der Waals surface area contributed by atoms with Gasteiger partial charge in [0.05, 0.1) is 5.69 Å². The summed E-state index contributed by atoms with van der Waals surface area (Å²) < 4.78 is 2.23. The lowest BCUT2D eigenvalue weighted by molar-refractivity contribution is -0.148. The number of anilines is 1. The molecule has 6 nitrogen and oxygen atoms in total. The SMILES string of the molecule is CC(C)[C@H](NC(=O)C12CC3CC(CC(C3)C1)C2)C(=O)Nc1ccc(-c2cn3c(n2)CCC3)cc1. The van der Waals surface area contributed by atoms with Crippen LogP contribution >= 0.6 is 0 Å². The molecule has 0 unspecified atom stereocenters. The molecule has 4 aliphatic carbocycles. The molecular formula is C28H36N4O2. The van der Waals surface area contributed by atoms with E-state index in [2.05, 4.69) is 21.4 Å². The Balaban J connectivity index is 1.12. The number of hydrogen-bond acceptors (Lipinski definition) is 3. The Hall–Kier alpha value is -2.63. The maximum absolute atomic E-state index is 13.5. The molecule has 180 valence electrons. The van der Waals surface area contributed by atoms with E-state index >= 15 is 0 Å². The maximum Gasteiger partial charge on any atom is 0.247 e. The Kier molecular flexibility index (Phi) is 5.30. The van der Waals surface area contributed by atoms with Crippen LogP contribution in [0.15, 0.2) is 30.5 Å². The quantitative estimate of drug-likeness (QED) is 0.651. The highest BCUT2D eigenvalue weighted by molar-refractivity contribution is 5.98. The molecule has 2 amide bonds. The van der Waals surface area contributed by atoms with E-state index in [0.717, 1.165) is 55.0 Å². The third kappa shape index (κ3) is 3.85. The Labute approximate surface area is 201 Å². The lowest BCUT2D eigenvalue weighted by Gasteiger charge is -2.55. The fourth-order valence-corrected chi connectivity index (χ4v) is 7.56. The van der Waals surface area contributed by atoms with Crippen LogP contribution in [0.2, 0.25) is 0 Å². The third-order valence-corrected chi connectivity index (χ3v) is 8.86. The van der Waals surface area contributed by atoms with E-state index in [-0.39, 0.29) is 23.1 Å². The second-order valence-corrected chi connectivity index (χ2v) is 11.8. The summed E-state index contributed by atoms with van der Waals surface area (Å²) in [6.07, 6.45) is 11.3. The van der Waals surface area contributed by atoms with Gasteiger partial charge in [-0.25, -0.2) is 4.98 Å². The number of rotatable bonds is 6. The molecule has 0 spiro atoms. The van der Waals surface area contributed by atoms with Gasteiger partial charge in [0.15, 0.2) is 0 Å². The predicted molar refractivity (Wildman–Crippen MR) is 132 cm³/mol. The fourth-order valence-electron chi connectivity index (χ4n) is 7.56. The number of aryl methyl sites for hydroxylation is 2. The smallest absolute Gasteiger partial charge is 0.247 e. The number of benzene rings is 1. The second kappa shape index (κ2) is 8.24. The molecule has 4 saturated carbocycles. The van der Waals surface area contributed by atoms with Crippen molar-refractivity contribution >= 4 is 17.5 Å². The number of aromatic nitrogens is 2. The van der Waals surface area contributed by atoms with E-state index in [1.165, 1.54) is 25.7 Å². The van der Waals surface area contributed by atoms with Gasteiger partial charge in [-0.3, -0.25) is 9.59 Å². The van der Waals surface area contributed by atoms with E-state index in [0.29, 0.717) is 17.8 Å². The summed E-state index contributed by atoms with van der Waals surface area (Å²) in [5.41, 5.74) is 2.54. The Morgan fingerprint density at radius 1 is 1.03 bits per heavy atom. The summed E-state index contributed by atoms with van der Waals surface area (Å²) in [6.45, 7) is 5.05. The highest BCUT2D eigenvalue weighted by atomic mass is 16.2. The molecule has 2 heterocycles. The van der Waals surface area contributed by atoms with Crippen molar-refractivity contribution in [2.75, 3.05) is 5.32 Å². The van der Waals surface area contributed by atoms with E-state index in [1.54, 1.807) is 0 Å². The van der Waals surface area contributed by atoms with Crippen molar-refractivity contribution in [2.45, 2.75) is 77.8 Å². The van der Waals surface area contributed by atoms with Crippen LogP contribution in [-0.2, 0) is 22.6 Å². The van der Waals surface area contributed by atoms with Crippen LogP contribution < -0.4 is 10.6 Å². The average molecular weight is 461 g/mol. The number of nitrogens with one attached hydrogen (secondary N) is 2. The molecule has 2 aromatic rings. The van der Waals surface area contributed by atoms with Crippen molar-refractivity contribution < 1.29 is 9.59 Å². The standard InChI is InChI=1S/C28H36N4O2/c1-17(2)25(31-27(34)28-13-18-10-19(14-28)12-20(11-18)15-28)26(33)29-22-7-5-21(6-8-22)23-16-32-9-3-4-24(32)30-23/h5-8,16-20,25H,3-4,9-15H2,1-2H3,(H,29,33)(H,31,34)/t18?,19?,20?,25-,28?/m0/s1. The lowest BCUT2D eigenvalue weighted by Crippen LogP contribution is -2.57. The molecule has 1 aromatic heterocycles. The number of fused-ring (bicyclic) bond motifs is 1. The van der Waals surface area contributed by atoms with Gasteiger partial charge in [0, 0.05) is 35.8 Å². The van der Waals surface area contributed by atoms with Crippen LogP contribution in [0.25, 0.3) is 11.3 Å². The number of carbonyl (C=O) groups excluding carboxylic acids is 2. The lowest BCUT2D eigenvalue weighted by atomic mass is 9.49. The minimum absolute atomic E-state index is 0.0186. The van der Waals surface area contributed by atoms with Gasteiger partial charge in [-0.2, -0.15) is 0 Å². The number of nitrogens with zero attached hydrogens (tertiary/aromatic N) is 2. The largest absolute Gasteiger partial charge is 0.344 e. The minimum atomic E-state index is -0.531. The van der Waals surface area contributed by atoms with Crippen LogP contribution in [0.5, 0.6) is 0 Å². The van der Waals surface area contributed by atoms with Gasteiger partial charge < -0.3 is 15.2 Å². The molecule has 0 radical (unpaired) electrons. The number of carbonyl (C=O) groups is 2. The normalized spacial score (nSPS) is 29.8. The van der Waals surface area contributed by atoms with Gasteiger partial charge in [0.25, 0.3) is 0 Å². The summed E-state index contributed by atoms with van der Waals surface area (Å²) in [7, 11) is 0. The molecular weight excluding hydrogens is 424 g/mol. The molecule has 6 heteroatoms. The molecule has 2 N–H and O–H groups in total. The van der Waals surface area contributed by atoms with E-state index < -0.39 is 6.04 Å². The first-order valence-corrected chi connectivity index (χ1v) is 13.2. The molecule has 1 aromatic carbocycles. The molecule has 1 aliphatic heterocycles. The summed E-state index contributed by atoms with van der Waals surface area (Å²) >= 11 is 0. The molecule has 4 bridgehead atoms. The monoisotopic (exact) mass is 460 g/mol. The zero-order valence-electron chi connectivity index (χ0n) is 20.3. The maximum atomic E-state index is 13.5. The Morgan fingerprint density at radius 2 is 1.68 bits per heavy atom. The Bertz CT molecular complexity index is 1040. The zero-order valence-corrected chi connectivity index (χ0v) is 20.3. The molecule has 1 atom stereocenters. The summed E-state index contributed by atoms with van der Waals surface area (Å²) in [6, 6.07) is 7.33. The van der Waals surface area contributed by atoms with Gasteiger partial charge >= 0.3 is 0 Å². The molecule has 0 saturated heterocycles. The van der Waals surface area contributed by atoms with Crippen molar-refractivity contribution in [1.29, 1.82) is 0 Å². The fraction of sp³-hybridized carbons (Fsp3) is 0.607. The van der Waals surface area contributed by atoms with Crippen LogP contribution in [0.4, 0.5) is 5.69 Å². The average Bonchev–Trinajstić information content (AvgIpc) is 3.39. The van der Waals surface area contributed by atoms with Crippen molar-refractivity contribution in [2.24, 2.45) is 29.1 Å². The summed E-state index contributed by atoms with van der Waals surface area (Å²) in [5, 5.41) is 6.23. The number of amides is 2. The van der Waals surface area contributed by atoms with Gasteiger partial charge in [-0.1, -0.05) is 26.0 Å². The van der Waals surface area contributed by atoms with Crippen molar-refractivity contribution in [3.05, 3.63) is 36.3 Å². The molecule has 5 aliphatic rings. The van der Waals surface area contributed by atoms with Gasteiger partial charge in [0.1, 0.15) is 11.9 Å². The van der Waals surface area contributed by atoms with Gasteiger partial charge in [-0.05, 0) is 80.8 Å². The van der Waals surface area contributed by atoms with Crippen molar-refractivity contribution in [3.63, 3.8) is 0 Å². The predicted octanol–water partition coefficient (Wildman–Crippen LogP) is 4.79.